The summed E-state index contributed by atoms with van der Waals surface area (Å²) in [5.41, 5.74) is 7.40. The molecule has 0 aliphatic carbocycles. The van der Waals surface area contributed by atoms with Crippen molar-refractivity contribution in [2.75, 3.05) is 157 Å². The van der Waals surface area contributed by atoms with Crippen LogP contribution in [0.1, 0.15) is 136 Å². The summed E-state index contributed by atoms with van der Waals surface area (Å²) < 4.78 is 48.7. The highest BCUT2D eigenvalue weighted by Crippen LogP contribution is 2.50. The maximum absolute atomic E-state index is 14.6. The first-order valence-electron chi connectivity index (χ1n) is 48.4. The van der Waals surface area contributed by atoms with Crippen LogP contribution in [0.5, 0.6) is 23.0 Å². The van der Waals surface area contributed by atoms with Crippen molar-refractivity contribution < 1.29 is 115 Å². The predicted molar refractivity (Wildman–Crippen MR) is 558 cm³/mol. The normalized spacial score (nSPS) is 14.4. The lowest BCUT2D eigenvalue weighted by molar-refractivity contribution is -0.139. The number of hydrogen-bond acceptors (Lipinski definition) is 26. The van der Waals surface area contributed by atoms with Crippen LogP contribution in [-0.4, -0.2) is 286 Å². The number of methoxy groups -OCH3 is 1. The molecule has 8 heterocycles. The average Bonchev–Trinajstić information content (AvgIpc) is 1.58. The zero-order valence-electron chi connectivity index (χ0n) is 84.8. The molecule has 40 nitrogen and oxygen atoms in total. The van der Waals surface area contributed by atoms with Gasteiger partial charge in [-0.15, -0.1) is 23.2 Å². The average molecular weight is 2090 g/mol. The van der Waals surface area contributed by atoms with Gasteiger partial charge in [0.25, 0.3) is 47.3 Å². The Morgan fingerprint density at radius 1 is 0.527 bits per heavy atom. The highest BCUT2D eigenvalue weighted by molar-refractivity contribution is 6.21. The van der Waals surface area contributed by atoms with Crippen molar-refractivity contribution in [1.82, 2.24) is 53.5 Å². The maximum Gasteiger partial charge on any atom is 0.415 e. The fraction of sp³-hybridized carbons (Fsp3) is 0.343. The van der Waals surface area contributed by atoms with E-state index in [1.807, 2.05) is 64.1 Å². The Balaban J connectivity index is 0.000000242. The van der Waals surface area contributed by atoms with Gasteiger partial charge in [-0.2, -0.15) is 0 Å². The van der Waals surface area contributed by atoms with Gasteiger partial charge in [0, 0.05) is 205 Å². The number of ether oxygens (including phenoxy) is 8. The molecule has 0 saturated carbocycles. The number of benzene rings is 7. The van der Waals surface area contributed by atoms with E-state index in [4.69, 9.17) is 61.1 Å². The van der Waals surface area contributed by atoms with Crippen molar-refractivity contribution in [2.24, 2.45) is 11.8 Å². The number of Topliss-reactive ketones (excluding diaryl/α,β-unsaturated/α-hetero) is 1. The number of aromatic hydroxyl groups is 1. The van der Waals surface area contributed by atoms with Crippen molar-refractivity contribution in [3.63, 3.8) is 0 Å². The van der Waals surface area contributed by atoms with E-state index in [-0.39, 0.29) is 193 Å². The van der Waals surface area contributed by atoms with Crippen LogP contribution in [-0.2, 0) is 63.9 Å². The first kappa shape index (κ1) is 110. The fourth-order valence-electron chi connectivity index (χ4n) is 17.3. The molecule has 4 aliphatic rings. The molecule has 42 heteroatoms. The number of hydrogen-bond donors (Lipinski definition) is 5. The van der Waals surface area contributed by atoms with Gasteiger partial charge in [-0.05, 0) is 164 Å². The molecular formula is C108H116Cl2N16O24. The molecule has 150 heavy (non-hydrogen) atoms. The number of pyridine rings is 2. The van der Waals surface area contributed by atoms with Crippen molar-refractivity contribution in [2.45, 2.75) is 98.8 Å². The molecule has 0 bridgehead atoms. The first-order valence-corrected chi connectivity index (χ1v) is 49.5. The molecule has 0 saturated heterocycles. The number of amides is 14. The number of phenols is 1. The number of likely N-dealkylation sites (N-methyl/N-ethyl adjacent to an activating group) is 2. The monoisotopic (exact) mass is 2090 g/mol. The van der Waals surface area contributed by atoms with E-state index in [1.54, 1.807) is 163 Å². The van der Waals surface area contributed by atoms with Gasteiger partial charge in [-0.3, -0.25) is 62.5 Å². The van der Waals surface area contributed by atoms with Crippen LogP contribution >= 0.6 is 23.2 Å². The topological polar surface area (TPSA) is 459 Å². The van der Waals surface area contributed by atoms with E-state index in [1.165, 1.54) is 89.3 Å². The number of fused-ring (bicyclic) bond motifs is 8. The van der Waals surface area contributed by atoms with E-state index in [9.17, 15) is 77.0 Å². The highest BCUT2D eigenvalue weighted by atomic mass is 35.5. The second-order valence-electron chi connectivity index (χ2n) is 37.6. The van der Waals surface area contributed by atoms with Gasteiger partial charge in [0.2, 0.25) is 11.8 Å². The Labute approximate surface area is 873 Å². The quantitative estimate of drug-likeness (QED) is 0.0103. The molecule has 15 rings (SSSR count). The van der Waals surface area contributed by atoms with Crippen LogP contribution in [0, 0.1) is 25.7 Å². The van der Waals surface area contributed by atoms with Crippen LogP contribution in [0.2, 0.25) is 0 Å². The minimum absolute atomic E-state index is 0.0151. The lowest BCUT2D eigenvalue weighted by Gasteiger charge is -2.28. The highest BCUT2D eigenvalue weighted by Gasteiger charge is 2.41. The van der Waals surface area contributed by atoms with Gasteiger partial charge in [-0.1, -0.05) is 69.3 Å². The summed E-state index contributed by atoms with van der Waals surface area (Å²) in [6, 6.07) is 39.5. The number of halogens is 2. The number of rotatable bonds is 40. The molecule has 14 amide bonds. The number of phenolic OH excluding ortho intramolecular Hbond substituents is 1. The van der Waals surface area contributed by atoms with E-state index in [0.29, 0.717) is 72.9 Å². The van der Waals surface area contributed by atoms with Gasteiger partial charge in [-0.25, -0.2) is 29.1 Å². The molecule has 0 radical (unpaired) electrons. The number of nitrogens with zero attached hydrogens (tertiary/aromatic N) is 12. The maximum atomic E-state index is 14.6. The zero-order chi connectivity index (χ0) is 108. The van der Waals surface area contributed by atoms with Crippen LogP contribution in [0.15, 0.2) is 195 Å². The molecule has 0 fully saturated rings. The molecule has 0 spiro atoms. The van der Waals surface area contributed by atoms with Crippen molar-refractivity contribution in [1.29, 1.82) is 0 Å². The molecule has 786 valence electrons. The smallest absolute Gasteiger partial charge is 0.415 e. The molecule has 4 atom stereocenters. The third kappa shape index (κ3) is 26.9. The lowest BCUT2D eigenvalue weighted by Crippen LogP contribution is -2.44. The number of aryl methyl sites for hydroxylation is 2. The molecule has 5 N–H and O–H groups in total. The Bertz CT molecular complexity index is 7030. The summed E-state index contributed by atoms with van der Waals surface area (Å²) in [4.78, 5) is 216. The third-order valence-electron chi connectivity index (χ3n) is 25.2. The number of alkyl halides is 2. The second-order valence-corrected chi connectivity index (χ2v) is 38.2. The summed E-state index contributed by atoms with van der Waals surface area (Å²) >= 11 is 13.3. The van der Waals surface area contributed by atoms with Gasteiger partial charge in [0.05, 0.1) is 68.3 Å². The van der Waals surface area contributed by atoms with Crippen LogP contribution in [0.3, 0.4) is 0 Å². The number of nitrogens with one attached hydrogen (secondary N) is 4. The Morgan fingerprint density at radius 2 is 0.973 bits per heavy atom. The van der Waals surface area contributed by atoms with E-state index in [2.05, 4.69) is 31.2 Å². The van der Waals surface area contributed by atoms with Gasteiger partial charge in [0.15, 0.2) is 12.6 Å². The van der Waals surface area contributed by atoms with Gasteiger partial charge in [0.1, 0.15) is 57.9 Å². The van der Waals surface area contributed by atoms with E-state index < -0.39 is 83.3 Å². The van der Waals surface area contributed by atoms with Crippen molar-refractivity contribution in [3.05, 3.63) is 245 Å². The van der Waals surface area contributed by atoms with Crippen molar-refractivity contribution >= 4 is 174 Å². The van der Waals surface area contributed by atoms with E-state index in [0.717, 1.165) is 42.8 Å². The van der Waals surface area contributed by atoms with Crippen LogP contribution in [0.25, 0.3) is 32.8 Å². The van der Waals surface area contributed by atoms with Crippen LogP contribution in [0.4, 0.5) is 47.6 Å². The van der Waals surface area contributed by atoms with Gasteiger partial charge < -0.3 is 102 Å². The number of carbonyl (C=O) groups is 15. The molecule has 0 unspecified atom stereocenters. The minimum atomic E-state index is -0.816. The zero-order valence-corrected chi connectivity index (χ0v) is 86.3. The van der Waals surface area contributed by atoms with Crippen LogP contribution < -0.4 is 45.3 Å². The molecular weight excluding hydrogens is 1980 g/mol. The lowest BCUT2D eigenvalue weighted by atomic mass is 9.92. The Kier molecular flexibility index (Phi) is 35.9. The Morgan fingerprint density at radius 3 is 1.41 bits per heavy atom. The molecule has 4 aliphatic heterocycles. The first-order chi connectivity index (χ1) is 71.7. The van der Waals surface area contributed by atoms with Gasteiger partial charge >= 0.3 is 24.4 Å². The largest absolute Gasteiger partial charge is 0.508 e. The SMILES string of the molecule is CC(=O)N[C@H](C(=O)C[C@@H](C)C(=O)Nc1ccc(COC(=O)N(C)CCN(CCOCCN2C(=O)C=CC2=O)C(=O)Oc2cc3c(c4c(C)cccc24)[C@H](CCl)CN3C(=O)c2cn3cc(NC(=O)c4ccc(O)cc4)ccc3n2)cc1)C(C)C.COCOc1ccc(C(=O)Nc2ccc3nc(C(=O)N4C[C@@H](CCl)c5c4cc(OC(=O)N(CCOCCN4C(=O)C=CC4=O)CCN(C)C(=O)OC(C)(C)C)c4cccc(C)c54)cn3c2)cc1. The summed E-state index contributed by atoms with van der Waals surface area (Å²) in [5, 5.41) is 23.5. The molecule has 7 aromatic carbocycles. The Hall–Kier alpha value is -16.2. The summed E-state index contributed by atoms with van der Waals surface area (Å²) in [6.07, 6.45) is 8.24. The predicted octanol–water partition coefficient (Wildman–Crippen LogP) is 14.1. The standard InChI is InChI=1S/C60H64ClN9O13.C48H52ClN7O11/c1-35(2)55(62-38(5)71)48(73)28-37(4)56(76)63-42-14-10-39(11-15-42)34-82-59(79)66(6)22-23-67(24-26-81-27-25-69-51(74)20-21-52(69)75)60(80)83-49-29-47-54(53-36(3)8-7-9-45(49)53)41(30-61)31-70(47)58(78)46-33-68-32-43(16-19-50(68)65-46)64-57(77)40-12-17-44(72)18-13-40;1-30-8-7-9-35-38(66-47(62)53(19-18-52(5)46(61)67-48(2,3)4)20-22-64-23-21-55-40(57)16-17-41(55)58)24-37-43(42(30)35)32(25-49)26-56(37)45(60)36-28-54-27-33(12-15-39(54)51-36)50-44(59)31-10-13-34(14-11-31)65-29-63-6/h7-21,29,32-33,35,37,41,55,72H,22-28,30-31,34H2,1-6H3,(H,62,71)(H,63,76)(H,64,77);7-17,24,27-28,32H,18-23,25-26,29H2,1-6H3,(H,50,59)/t37-,41-,55+;32-/m11/s1. The number of imidazole rings is 2. The minimum Gasteiger partial charge on any atom is -0.508 e. The summed E-state index contributed by atoms with van der Waals surface area (Å²) in [7, 11) is 4.58. The second kappa shape index (κ2) is 49.1. The summed E-state index contributed by atoms with van der Waals surface area (Å²) in [6.45, 7) is 16.1. The number of carbonyl (C=O) groups excluding carboxylic acids is 15. The van der Waals surface area contributed by atoms with E-state index >= 15 is 0 Å². The number of imide groups is 2. The number of aromatic nitrogens is 4. The number of anilines is 5. The third-order valence-corrected chi connectivity index (χ3v) is 25.9. The molecule has 11 aromatic rings. The van der Waals surface area contributed by atoms with Crippen molar-refractivity contribution in [3.8, 4) is 23.0 Å². The summed E-state index contributed by atoms with van der Waals surface area (Å²) in [5.74, 6) is -4.52. The molecule has 4 aromatic heterocycles. The number of ketones is 1. The fourth-order valence-corrected chi connectivity index (χ4v) is 17.8.